The highest BCUT2D eigenvalue weighted by atomic mass is 32.2. The predicted molar refractivity (Wildman–Crippen MR) is 131 cm³/mol. The van der Waals surface area contributed by atoms with Gasteiger partial charge in [-0.05, 0) is 56.1 Å². The summed E-state index contributed by atoms with van der Waals surface area (Å²) in [7, 11) is 9.06. The lowest BCUT2D eigenvalue weighted by molar-refractivity contribution is 0.100. The fourth-order valence-corrected chi connectivity index (χ4v) is 5.84. The van der Waals surface area contributed by atoms with Gasteiger partial charge in [0.25, 0.3) is 15.7 Å². The van der Waals surface area contributed by atoms with Gasteiger partial charge in [0.1, 0.15) is 0 Å². The molecule has 33 heavy (non-hydrogen) atoms. The molecule has 0 aliphatic heterocycles. The van der Waals surface area contributed by atoms with E-state index in [0.717, 1.165) is 0 Å². The van der Waals surface area contributed by atoms with Gasteiger partial charge in [-0.25, -0.2) is 0 Å². The van der Waals surface area contributed by atoms with Crippen molar-refractivity contribution in [1.29, 1.82) is 0 Å². The van der Waals surface area contributed by atoms with Crippen molar-refractivity contribution in [3.8, 4) is 0 Å². The fraction of sp³-hybridized carbons (Fsp3) is 0.429. The molecule has 0 aliphatic carbocycles. The van der Waals surface area contributed by atoms with Gasteiger partial charge in [0, 0.05) is 73.7 Å². The van der Waals surface area contributed by atoms with Gasteiger partial charge in [-0.3, -0.25) is 28.8 Å². The Kier molecular flexibility index (Phi) is 10.2. The Balaban J connectivity index is 4.29. The second-order valence-corrected chi connectivity index (χ2v) is 10.5. The van der Waals surface area contributed by atoms with E-state index in [1.807, 2.05) is 0 Å². The molecule has 1 aromatic carbocycles. The van der Waals surface area contributed by atoms with Crippen LogP contribution in [-0.2, 0) is 0 Å². The first-order chi connectivity index (χ1) is 15.1. The number of hydrogen-bond donors (Lipinski definition) is 0. The van der Waals surface area contributed by atoms with Gasteiger partial charge >= 0.3 is 0 Å². The third kappa shape index (κ3) is 6.84. The van der Waals surface area contributed by atoms with Crippen LogP contribution in [0.3, 0.4) is 0 Å². The number of nitrogens with zero attached hydrogens (tertiary/aromatic N) is 3. The average Bonchev–Trinajstić information content (AvgIpc) is 2.66. The summed E-state index contributed by atoms with van der Waals surface area (Å²) in [6.07, 6.45) is 0. The average molecular weight is 514 g/mol. The number of thioether (sulfide) groups is 3. The van der Waals surface area contributed by atoms with Gasteiger partial charge in [0.15, 0.2) is 17.3 Å². The van der Waals surface area contributed by atoms with Crippen LogP contribution in [0.5, 0.6) is 0 Å². The predicted octanol–water partition coefficient (Wildman–Crippen LogP) is 4.62. The summed E-state index contributed by atoms with van der Waals surface area (Å²) in [5.74, 6) is -1.59. The molecular weight excluding hydrogens is 486 g/mol. The number of ketones is 3. The Morgan fingerprint density at radius 2 is 0.636 bits per heavy atom. The van der Waals surface area contributed by atoms with Crippen LogP contribution < -0.4 is 0 Å². The van der Waals surface area contributed by atoms with Gasteiger partial charge in [-0.1, -0.05) is 0 Å². The standard InChI is InChI=1S/C21H27N3O6S3/c1-10(25)13-16(31-19(28)22(4)5)14(11(2)26)18(33-21(30)24(8)9)15(12(3)27)17(13)32-20(29)23(6)7/h1-9H3. The number of benzene rings is 1. The molecule has 1 rings (SSSR count). The summed E-state index contributed by atoms with van der Waals surface area (Å²) in [6, 6.07) is 0. The quantitative estimate of drug-likeness (QED) is 0.397. The van der Waals surface area contributed by atoms with E-state index in [-0.39, 0.29) is 31.4 Å². The number of rotatable bonds is 6. The Labute approximate surface area is 206 Å². The SMILES string of the molecule is CC(=O)c1c(SC(=O)N(C)C)c(C(C)=O)c(SC(=O)N(C)C)c(C(C)=O)c1SC(=O)N(C)C. The topological polar surface area (TPSA) is 112 Å². The second kappa shape index (κ2) is 11.7. The van der Waals surface area contributed by atoms with Crippen molar-refractivity contribution in [3.63, 3.8) is 0 Å². The molecule has 9 nitrogen and oxygen atoms in total. The van der Waals surface area contributed by atoms with E-state index < -0.39 is 33.1 Å². The smallest absolute Gasteiger partial charge is 0.285 e. The molecule has 3 amide bonds. The van der Waals surface area contributed by atoms with Crippen LogP contribution in [0.1, 0.15) is 51.8 Å². The zero-order valence-corrected chi connectivity index (χ0v) is 22.5. The highest BCUT2D eigenvalue weighted by molar-refractivity contribution is 8.15. The molecule has 0 unspecified atom stereocenters. The highest BCUT2D eigenvalue weighted by Crippen LogP contribution is 2.45. The summed E-state index contributed by atoms with van der Waals surface area (Å²) in [6.45, 7) is 3.69. The van der Waals surface area contributed by atoms with E-state index in [2.05, 4.69) is 0 Å². The Morgan fingerprint density at radius 1 is 0.455 bits per heavy atom. The Bertz CT molecular complexity index is 885. The lowest BCUT2D eigenvalue weighted by Crippen LogP contribution is -2.22. The molecule has 180 valence electrons. The van der Waals surface area contributed by atoms with E-state index in [1.165, 1.54) is 77.8 Å². The number of amides is 3. The third-order valence-electron chi connectivity index (χ3n) is 4.08. The summed E-state index contributed by atoms with van der Waals surface area (Å²) >= 11 is 1.92. The van der Waals surface area contributed by atoms with Crippen LogP contribution in [-0.4, -0.2) is 90.1 Å². The Morgan fingerprint density at radius 3 is 0.758 bits per heavy atom. The molecule has 0 atom stereocenters. The van der Waals surface area contributed by atoms with E-state index in [0.29, 0.717) is 35.3 Å². The molecular formula is C21H27N3O6S3. The minimum atomic E-state index is -0.529. The van der Waals surface area contributed by atoms with Crippen molar-refractivity contribution in [2.45, 2.75) is 35.5 Å². The zero-order valence-electron chi connectivity index (χ0n) is 20.0. The van der Waals surface area contributed by atoms with E-state index in [1.54, 1.807) is 0 Å². The summed E-state index contributed by atoms with van der Waals surface area (Å²) < 4.78 is 0. The molecule has 0 saturated carbocycles. The molecule has 0 aliphatic rings. The fourth-order valence-electron chi connectivity index (χ4n) is 2.49. The number of hydrogen-bond acceptors (Lipinski definition) is 9. The molecule has 1 aromatic rings. The minimum absolute atomic E-state index is 0.0156. The highest BCUT2D eigenvalue weighted by Gasteiger charge is 2.34. The van der Waals surface area contributed by atoms with E-state index in [9.17, 15) is 28.8 Å². The molecule has 0 aromatic heterocycles. The first-order valence-corrected chi connectivity index (χ1v) is 12.0. The molecule has 0 fully saturated rings. The molecule has 0 radical (unpaired) electrons. The number of Topliss-reactive ketones (excluding diaryl/α,β-unsaturated/α-hetero) is 3. The van der Waals surface area contributed by atoms with Crippen LogP contribution in [0, 0.1) is 0 Å². The molecule has 0 N–H and O–H groups in total. The largest absolute Gasteiger partial charge is 0.339 e. The van der Waals surface area contributed by atoms with Crippen molar-refractivity contribution in [3.05, 3.63) is 16.7 Å². The summed E-state index contributed by atoms with van der Waals surface area (Å²) in [4.78, 5) is 80.1. The summed E-state index contributed by atoms with van der Waals surface area (Å²) in [5, 5.41) is -1.42. The van der Waals surface area contributed by atoms with Gasteiger partial charge in [-0.15, -0.1) is 0 Å². The monoisotopic (exact) mass is 513 g/mol. The van der Waals surface area contributed by atoms with Gasteiger partial charge < -0.3 is 14.7 Å². The lowest BCUT2D eigenvalue weighted by Gasteiger charge is -2.23. The molecule has 0 saturated heterocycles. The third-order valence-corrected chi connectivity index (χ3v) is 7.54. The van der Waals surface area contributed by atoms with Crippen molar-refractivity contribution < 1.29 is 28.8 Å². The first-order valence-electron chi connectivity index (χ1n) is 9.55. The minimum Gasteiger partial charge on any atom is -0.339 e. The first kappa shape index (κ1) is 28.7. The zero-order chi connectivity index (χ0) is 25.8. The molecule has 0 bridgehead atoms. The second-order valence-electron chi connectivity index (χ2n) is 7.57. The van der Waals surface area contributed by atoms with E-state index in [4.69, 9.17) is 0 Å². The maximum Gasteiger partial charge on any atom is 0.285 e. The lowest BCUT2D eigenvalue weighted by atomic mass is 9.98. The number of carbonyl (C=O) groups excluding carboxylic acids is 6. The maximum atomic E-state index is 12.8. The molecule has 0 spiro atoms. The van der Waals surface area contributed by atoms with Crippen LogP contribution in [0.15, 0.2) is 14.7 Å². The van der Waals surface area contributed by atoms with Crippen LogP contribution in [0.2, 0.25) is 0 Å². The van der Waals surface area contributed by atoms with Gasteiger partial charge in [0.05, 0.1) is 0 Å². The summed E-state index contributed by atoms with van der Waals surface area (Å²) in [5.41, 5.74) is -0.229. The Hall–Kier alpha value is -2.31. The van der Waals surface area contributed by atoms with E-state index >= 15 is 0 Å². The van der Waals surface area contributed by atoms with Gasteiger partial charge in [0.2, 0.25) is 0 Å². The normalized spacial score (nSPS) is 10.5. The van der Waals surface area contributed by atoms with Crippen molar-refractivity contribution in [2.24, 2.45) is 0 Å². The van der Waals surface area contributed by atoms with Gasteiger partial charge in [-0.2, -0.15) is 0 Å². The number of carbonyl (C=O) groups is 6. The van der Waals surface area contributed by atoms with Crippen LogP contribution >= 0.6 is 35.3 Å². The van der Waals surface area contributed by atoms with Crippen molar-refractivity contribution >= 4 is 68.4 Å². The van der Waals surface area contributed by atoms with Crippen LogP contribution in [0.4, 0.5) is 14.4 Å². The van der Waals surface area contributed by atoms with Crippen molar-refractivity contribution in [2.75, 3.05) is 42.3 Å². The molecule has 12 heteroatoms. The molecule has 0 heterocycles. The van der Waals surface area contributed by atoms with Crippen molar-refractivity contribution in [1.82, 2.24) is 14.7 Å². The van der Waals surface area contributed by atoms with Crippen LogP contribution in [0.25, 0.3) is 0 Å². The maximum absolute atomic E-state index is 12.8.